The van der Waals surface area contributed by atoms with E-state index in [4.69, 9.17) is 4.74 Å². The van der Waals surface area contributed by atoms with Crippen LogP contribution in [0.2, 0.25) is 0 Å². The fraction of sp³-hybridized carbons (Fsp3) is 0.929. The molecule has 1 saturated carbocycles. The molecular formula is C14H24N2O4S. The van der Waals surface area contributed by atoms with E-state index in [1.165, 1.54) is 0 Å². The van der Waals surface area contributed by atoms with Crippen LogP contribution in [0, 0.1) is 5.41 Å². The Morgan fingerprint density at radius 1 is 1.19 bits per heavy atom. The number of likely N-dealkylation sites (tertiary alicyclic amines) is 1. The van der Waals surface area contributed by atoms with Crippen LogP contribution in [-0.4, -0.2) is 68.7 Å². The van der Waals surface area contributed by atoms with Gasteiger partial charge in [0, 0.05) is 33.3 Å². The number of methoxy groups -OCH3 is 1. The number of ether oxygens (including phenoxy) is 1. The first-order chi connectivity index (χ1) is 9.99. The molecule has 2 heterocycles. The van der Waals surface area contributed by atoms with Gasteiger partial charge in [-0.25, -0.2) is 12.7 Å². The molecule has 0 radical (unpaired) electrons. The van der Waals surface area contributed by atoms with Crippen LogP contribution in [0.1, 0.15) is 32.1 Å². The quantitative estimate of drug-likeness (QED) is 0.738. The fourth-order valence-corrected chi connectivity index (χ4v) is 5.36. The largest absolute Gasteiger partial charge is 0.383 e. The normalized spacial score (nSPS) is 26.7. The lowest BCUT2D eigenvalue weighted by Gasteiger charge is -2.37. The van der Waals surface area contributed by atoms with Gasteiger partial charge in [0.25, 0.3) is 0 Å². The van der Waals surface area contributed by atoms with Crippen molar-refractivity contribution in [1.29, 1.82) is 0 Å². The number of hydrogen-bond donors (Lipinski definition) is 0. The Labute approximate surface area is 126 Å². The molecule has 3 rings (SSSR count). The van der Waals surface area contributed by atoms with E-state index in [1.54, 1.807) is 11.4 Å². The van der Waals surface area contributed by atoms with E-state index in [1.807, 2.05) is 4.90 Å². The number of carbonyl (C=O) groups is 1. The molecule has 1 aliphatic carbocycles. The second-order valence-corrected chi connectivity index (χ2v) is 8.67. The lowest BCUT2D eigenvalue weighted by Crippen LogP contribution is -2.47. The minimum atomic E-state index is -3.09. The zero-order valence-electron chi connectivity index (χ0n) is 12.6. The predicted molar refractivity (Wildman–Crippen MR) is 78.3 cm³/mol. The number of carbonyl (C=O) groups excluding carboxylic acids is 1. The Bertz CT molecular complexity index is 507. The van der Waals surface area contributed by atoms with Crippen molar-refractivity contribution in [3.8, 4) is 0 Å². The van der Waals surface area contributed by atoms with Crippen molar-refractivity contribution < 1.29 is 17.9 Å². The minimum Gasteiger partial charge on any atom is -0.383 e. The van der Waals surface area contributed by atoms with Gasteiger partial charge in [0.15, 0.2) is 0 Å². The maximum absolute atomic E-state index is 12.6. The summed E-state index contributed by atoms with van der Waals surface area (Å²) < 4.78 is 31.2. The second-order valence-electron chi connectivity index (χ2n) is 6.46. The predicted octanol–water partition coefficient (Wildman–Crippen LogP) is 0.440. The maximum atomic E-state index is 12.6. The zero-order valence-corrected chi connectivity index (χ0v) is 13.4. The van der Waals surface area contributed by atoms with Crippen LogP contribution in [0.25, 0.3) is 0 Å². The molecule has 3 aliphatic rings. The van der Waals surface area contributed by atoms with Crippen LogP contribution in [0.15, 0.2) is 0 Å². The van der Waals surface area contributed by atoms with Gasteiger partial charge in [-0.3, -0.25) is 4.79 Å². The van der Waals surface area contributed by atoms with Crippen LogP contribution in [0.3, 0.4) is 0 Å². The van der Waals surface area contributed by atoms with Crippen LogP contribution in [-0.2, 0) is 19.6 Å². The van der Waals surface area contributed by atoms with E-state index in [0.717, 1.165) is 25.8 Å². The molecule has 2 aliphatic heterocycles. The van der Waals surface area contributed by atoms with Gasteiger partial charge in [0.1, 0.15) is 0 Å². The van der Waals surface area contributed by atoms with Gasteiger partial charge in [-0.05, 0) is 32.1 Å². The monoisotopic (exact) mass is 316 g/mol. The molecule has 0 N–H and O–H groups in total. The van der Waals surface area contributed by atoms with Gasteiger partial charge >= 0.3 is 0 Å². The van der Waals surface area contributed by atoms with Crippen molar-refractivity contribution >= 4 is 15.9 Å². The number of nitrogens with zero attached hydrogens (tertiary/aromatic N) is 2. The highest BCUT2D eigenvalue weighted by Crippen LogP contribution is 2.43. The summed E-state index contributed by atoms with van der Waals surface area (Å²) in [6.07, 6.45) is 3.79. The van der Waals surface area contributed by atoms with Crippen LogP contribution in [0.4, 0.5) is 0 Å². The summed E-state index contributed by atoms with van der Waals surface area (Å²) in [7, 11) is -1.46. The Balaban J connectivity index is 1.61. The first-order valence-electron chi connectivity index (χ1n) is 7.77. The Kier molecular flexibility index (Phi) is 4.00. The summed E-state index contributed by atoms with van der Waals surface area (Å²) in [4.78, 5) is 14.5. The molecule has 21 heavy (non-hydrogen) atoms. The molecule has 6 nitrogen and oxygen atoms in total. The van der Waals surface area contributed by atoms with Gasteiger partial charge in [-0.15, -0.1) is 0 Å². The molecule has 0 bridgehead atoms. The van der Waals surface area contributed by atoms with Crippen molar-refractivity contribution in [2.45, 2.75) is 37.4 Å². The van der Waals surface area contributed by atoms with Crippen LogP contribution in [0.5, 0.6) is 0 Å². The van der Waals surface area contributed by atoms with E-state index >= 15 is 0 Å². The number of piperidine rings is 1. The van der Waals surface area contributed by atoms with Crippen molar-refractivity contribution in [3.63, 3.8) is 0 Å². The van der Waals surface area contributed by atoms with Crippen LogP contribution < -0.4 is 0 Å². The zero-order chi connectivity index (χ0) is 15.1. The summed E-state index contributed by atoms with van der Waals surface area (Å²) in [5, 5.41) is -0.149. The van der Waals surface area contributed by atoms with Gasteiger partial charge < -0.3 is 9.64 Å². The van der Waals surface area contributed by atoms with Gasteiger partial charge in [-0.2, -0.15) is 0 Å². The smallest absolute Gasteiger partial charge is 0.229 e. The third-order valence-electron chi connectivity index (χ3n) is 5.15. The Morgan fingerprint density at radius 3 is 2.38 bits per heavy atom. The lowest BCUT2D eigenvalue weighted by molar-refractivity contribution is -0.138. The SMILES string of the molecule is COCCN1CCC2(CCN(S(=O)(=O)C3CC3)CC2)C1=O. The van der Waals surface area contributed by atoms with E-state index in [0.29, 0.717) is 39.1 Å². The lowest BCUT2D eigenvalue weighted by atomic mass is 9.77. The third-order valence-corrected chi connectivity index (χ3v) is 7.55. The van der Waals surface area contributed by atoms with Crippen molar-refractivity contribution in [2.24, 2.45) is 5.41 Å². The van der Waals surface area contributed by atoms with E-state index < -0.39 is 10.0 Å². The van der Waals surface area contributed by atoms with Gasteiger partial charge in [-0.1, -0.05) is 0 Å². The molecule has 0 unspecified atom stereocenters. The third kappa shape index (κ3) is 2.71. The molecule has 0 aromatic rings. The van der Waals surface area contributed by atoms with E-state index in [-0.39, 0.29) is 16.6 Å². The summed E-state index contributed by atoms with van der Waals surface area (Å²) in [5.41, 5.74) is -0.316. The second kappa shape index (κ2) is 5.52. The molecule has 1 spiro atoms. The molecule has 0 aromatic carbocycles. The molecule has 120 valence electrons. The van der Waals surface area contributed by atoms with Crippen molar-refractivity contribution in [1.82, 2.24) is 9.21 Å². The van der Waals surface area contributed by atoms with Crippen molar-refractivity contribution in [2.75, 3.05) is 39.9 Å². The summed E-state index contributed by atoms with van der Waals surface area (Å²) >= 11 is 0. The highest BCUT2D eigenvalue weighted by atomic mass is 32.2. The summed E-state index contributed by atoms with van der Waals surface area (Å²) in [5.74, 6) is 0.197. The van der Waals surface area contributed by atoms with E-state index in [2.05, 4.69) is 0 Å². The number of amides is 1. The average Bonchev–Trinajstić information content (AvgIpc) is 3.28. The first kappa shape index (κ1) is 15.2. The topological polar surface area (TPSA) is 66.9 Å². The first-order valence-corrected chi connectivity index (χ1v) is 9.27. The molecule has 0 aromatic heterocycles. The number of hydrogen-bond acceptors (Lipinski definition) is 4. The number of sulfonamides is 1. The fourth-order valence-electron chi connectivity index (χ4n) is 3.52. The average molecular weight is 316 g/mol. The standard InChI is InChI=1S/C14H24N2O4S/c1-20-11-10-15-7-4-14(13(15)17)5-8-16(9-6-14)21(18,19)12-2-3-12/h12H,2-11H2,1H3. The Hall–Kier alpha value is -0.660. The van der Waals surface area contributed by atoms with Crippen LogP contribution >= 0.6 is 0 Å². The summed E-state index contributed by atoms with van der Waals surface area (Å²) in [6.45, 7) is 2.98. The highest BCUT2D eigenvalue weighted by Gasteiger charge is 2.50. The molecule has 2 saturated heterocycles. The molecule has 7 heteroatoms. The Morgan fingerprint density at radius 2 is 1.81 bits per heavy atom. The number of rotatable bonds is 5. The molecular weight excluding hydrogens is 292 g/mol. The summed E-state index contributed by atoms with van der Waals surface area (Å²) in [6, 6.07) is 0. The van der Waals surface area contributed by atoms with Gasteiger partial charge in [0.05, 0.1) is 17.3 Å². The minimum absolute atomic E-state index is 0.149. The van der Waals surface area contributed by atoms with Crippen molar-refractivity contribution in [3.05, 3.63) is 0 Å². The molecule has 1 amide bonds. The highest BCUT2D eigenvalue weighted by molar-refractivity contribution is 7.90. The molecule has 3 fully saturated rings. The van der Waals surface area contributed by atoms with Gasteiger partial charge in [0.2, 0.25) is 15.9 Å². The van der Waals surface area contributed by atoms with E-state index in [9.17, 15) is 13.2 Å². The maximum Gasteiger partial charge on any atom is 0.229 e. The molecule has 0 atom stereocenters.